The first-order chi connectivity index (χ1) is 17.2. The second kappa shape index (κ2) is 19.4. The number of aromatic nitrogens is 1. The van der Waals surface area contributed by atoms with E-state index in [9.17, 15) is 0 Å². The molecule has 0 aliphatic rings. The molecule has 0 amide bonds. The zero-order valence-electron chi connectivity index (χ0n) is 20.7. The van der Waals surface area contributed by atoms with E-state index < -0.39 is 0 Å². The number of nitrogens with zero attached hydrogens (tertiary/aromatic N) is 2. The van der Waals surface area contributed by atoms with Gasteiger partial charge in [-0.2, -0.15) is 25.3 Å². The van der Waals surface area contributed by atoms with E-state index in [2.05, 4.69) is 64.0 Å². The van der Waals surface area contributed by atoms with Crippen LogP contribution in [0, 0.1) is 0 Å². The summed E-state index contributed by atoms with van der Waals surface area (Å²) in [7, 11) is 1.91. The molecule has 1 aromatic carbocycles. The third-order valence-corrected chi connectivity index (χ3v) is 5.56. The first-order valence-corrected chi connectivity index (χ1v) is 13.4. The number of hydrogen-bond acceptors (Lipinski definition) is 9. The fraction of sp³-hybridized carbons (Fsp3) is 0.500. The van der Waals surface area contributed by atoms with Crippen molar-refractivity contribution < 1.29 is 14.2 Å². The first kappa shape index (κ1) is 29.5. The fourth-order valence-electron chi connectivity index (χ4n) is 3.17. The molecule has 1 aromatic heterocycles. The van der Waals surface area contributed by atoms with Crippen LogP contribution in [0.4, 0.5) is 5.69 Å². The predicted octanol–water partition coefficient (Wildman–Crippen LogP) is 3.46. The van der Waals surface area contributed by atoms with Gasteiger partial charge in [0.1, 0.15) is 6.61 Å². The van der Waals surface area contributed by atoms with E-state index in [1.54, 1.807) is 6.20 Å². The van der Waals surface area contributed by atoms with Crippen LogP contribution in [0.2, 0.25) is 0 Å². The van der Waals surface area contributed by atoms with E-state index in [0.717, 1.165) is 61.0 Å². The molecule has 2 N–H and O–H groups in total. The number of ether oxygens (including phenoxy) is 3. The largest absolute Gasteiger partial charge is 0.475 e. The van der Waals surface area contributed by atoms with Crippen LogP contribution in [0.5, 0.6) is 5.88 Å². The third kappa shape index (κ3) is 13.8. The average molecular weight is 521 g/mol. The zero-order valence-corrected chi connectivity index (χ0v) is 22.5. The lowest BCUT2D eigenvalue weighted by Gasteiger charge is -2.21. The van der Waals surface area contributed by atoms with Gasteiger partial charge in [0.25, 0.3) is 0 Å². The van der Waals surface area contributed by atoms with Crippen molar-refractivity contribution in [2.24, 2.45) is 0 Å². The molecule has 194 valence electrons. The summed E-state index contributed by atoms with van der Waals surface area (Å²) in [5.41, 5.74) is 3.25. The summed E-state index contributed by atoms with van der Waals surface area (Å²) in [6, 6.07) is 12.1. The summed E-state index contributed by atoms with van der Waals surface area (Å²) in [5.74, 6) is 2.29. The molecule has 1 heterocycles. The molecule has 9 heteroatoms. The lowest BCUT2D eigenvalue weighted by Crippen LogP contribution is -2.36. The Morgan fingerprint density at radius 2 is 1.51 bits per heavy atom. The van der Waals surface area contributed by atoms with Gasteiger partial charge in [-0.3, -0.25) is 4.90 Å². The summed E-state index contributed by atoms with van der Waals surface area (Å²) < 4.78 is 16.9. The smallest absolute Gasteiger partial charge is 0.213 e. The Morgan fingerprint density at radius 1 is 0.800 bits per heavy atom. The first-order valence-electron chi connectivity index (χ1n) is 12.1. The standard InChI is InChI=1S/C26H40N4O3S2/c1-27-25-7-4-23(5-8-25)2-3-24-6-9-26(29-22-24)33-19-18-32-17-16-31-15-13-30(14-21-35)12-10-28-11-20-34/h2-9,22,27-28,34-35H,10-21H2,1H3/b3-2+. The van der Waals surface area contributed by atoms with Crippen LogP contribution in [-0.4, -0.2) is 94.2 Å². The fourth-order valence-corrected chi connectivity index (χ4v) is 3.61. The van der Waals surface area contributed by atoms with Crippen LogP contribution in [0.3, 0.4) is 0 Å². The van der Waals surface area contributed by atoms with Gasteiger partial charge in [0.05, 0.1) is 26.4 Å². The second-order valence-corrected chi connectivity index (χ2v) is 8.64. The van der Waals surface area contributed by atoms with Crippen molar-refractivity contribution in [3.05, 3.63) is 53.7 Å². The van der Waals surface area contributed by atoms with E-state index in [4.69, 9.17) is 14.2 Å². The highest BCUT2D eigenvalue weighted by Gasteiger charge is 2.03. The Kier molecular flexibility index (Phi) is 16.4. The number of hydrogen-bond donors (Lipinski definition) is 4. The van der Waals surface area contributed by atoms with Crippen LogP contribution in [0.15, 0.2) is 42.6 Å². The van der Waals surface area contributed by atoms with Gasteiger partial charge in [-0.05, 0) is 29.3 Å². The van der Waals surface area contributed by atoms with E-state index in [1.807, 2.05) is 37.4 Å². The summed E-state index contributed by atoms with van der Waals surface area (Å²) >= 11 is 8.54. The van der Waals surface area contributed by atoms with Crippen LogP contribution < -0.4 is 15.4 Å². The van der Waals surface area contributed by atoms with Crippen molar-refractivity contribution in [2.75, 3.05) is 89.6 Å². The minimum Gasteiger partial charge on any atom is -0.475 e. The maximum Gasteiger partial charge on any atom is 0.213 e. The van der Waals surface area contributed by atoms with E-state index in [1.165, 1.54) is 0 Å². The molecule has 0 spiro atoms. The van der Waals surface area contributed by atoms with Gasteiger partial charge in [0, 0.05) is 69.2 Å². The van der Waals surface area contributed by atoms with Gasteiger partial charge >= 0.3 is 0 Å². The summed E-state index contributed by atoms with van der Waals surface area (Å²) in [4.78, 5) is 6.71. The number of thiol groups is 2. The van der Waals surface area contributed by atoms with Gasteiger partial charge in [-0.15, -0.1) is 0 Å². The lowest BCUT2D eigenvalue weighted by atomic mass is 10.1. The molecule has 0 bridgehead atoms. The van der Waals surface area contributed by atoms with Crippen molar-refractivity contribution in [1.29, 1.82) is 0 Å². The van der Waals surface area contributed by atoms with Gasteiger partial charge in [-0.1, -0.05) is 24.3 Å². The number of nitrogens with one attached hydrogen (secondary N) is 2. The van der Waals surface area contributed by atoms with E-state index in [0.29, 0.717) is 38.9 Å². The molecule has 0 aliphatic heterocycles. The molecule has 35 heavy (non-hydrogen) atoms. The highest BCUT2D eigenvalue weighted by atomic mass is 32.1. The molecule has 0 unspecified atom stereocenters. The monoisotopic (exact) mass is 520 g/mol. The van der Waals surface area contributed by atoms with Crippen molar-refractivity contribution in [3.8, 4) is 5.88 Å². The molecule has 2 aromatic rings. The van der Waals surface area contributed by atoms with E-state index >= 15 is 0 Å². The molecule has 0 atom stereocenters. The SMILES string of the molecule is CNc1ccc(/C=C/c2ccc(OCCOCCOCCN(CCS)CCNCCS)nc2)cc1. The van der Waals surface area contributed by atoms with Crippen LogP contribution in [0.25, 0.3) is 12.2 Å². The van der Waals surface area contributed by atoms with Crippen LogP contribution in [0.1, 0.15) is 11.1 Å². The molecule has 7 nitrogen and oxygen atoms in total. The second-order valence-electron chi connectivity index (χ2n) is 7.75. The van der Waals surface area contributed by atoms with Crippen LogP contribution in [-0.2, 0) is 9.47 Å². The Balaban J connectivity index is 1.51. The number of anilines is 1. The van der Waals surface area contributed by atoms with Crippen molar-refractivity contribution in [3.63, 3.8) is 0 Å². The topological polar surface area (TPSA) is 67.9 Å². The number of pyridine rings is 1. The highest BCUT2D eigenvalue weighted by Crippen LogP contribution is 2.13. The molecule has 0 radical (unpaired) electrons. The Morgan fingerprint density at radius 3 is 2.20 bits per heavy atom. The van der Waals surface area contributed by atoms with Crippen molar-refractivity contribution >= 4 is 43.1 Å². The molecular formula is C26H40N4O3S2. The van der Waals surface area contributed by atoms with Crippen LogP contribution >= 0.6 is 25.3 Å². The molecule has 0 fully saturated rings. The third-order valence-electron chi connectivity index (χ3n) is 5.14. The zero-order chi connectivity index (χ0) is 25.0. The van der Waals surface area contributed by atoms with Gasteiger partial charge in [0.2, 0.25) is 5.88 Å². The quantitative estimate of drug-likeness (QED) is 0.158. The minimum absolute atomic E-state index is 0.453. The number of benzene rings is 1. The maximum atomic E-state index is 5.70. The van der Waals surface area contributed by atoms with Gasteiger partial charge in [-0.25, -0.2) is 4.98 Å². The Bertz CT molecular complexity index is 807. The molecule has 0 aliphatic carbocycles. The minimum atomic E-state index is 0.453. The lowest BCUT2D eigenvalue weighted by molar-refractivity contribution is 0.0293. The summed E-state index contributed by atoms with van der Waals surface area (Å²) in [6.07, 6.45) is 5.90. The molecular weight excluding hydrogens is 480 g/mol. The average Bonchev–Trinajstić information content (AvgIpc) is 2.89. The van der Waals surface area contributed by atoms with E-state index in [-0.39, 0.29) is 0 Å². The maximum absolute atomic E-state index is 5.70. The summed E-state index contributed by atoms with van der Waals surface area (Å²) in [6.45, 7) is 7.49. The Labute approximate surface area is 221 Å². The molecule has 0 saturated carbocycles. The normalized spacial score (nSPS) is 11.4. The van der Waals surface area contributed by atoms with Crippen molar-refractivity contribution in [1.82, 2.24) is 15.2 Å². The van der Waals surface area contributed by atoms with Crippen molar-refractivity contribution in [2.45, 2.75) is 0 Å². The molecule has 2 rings (SSSR count). The Hall–Kier alpha value is -1.75. The predicted molar refractivity (Wildman–Crippen MR) is 153 cm³/mol. The van der Waals surface area contributed by atoms with Gasteiger partial charge in [0.15, 0.2) is 0 Å². The van der Waals surface area contributed by atoms with Gasteiger partial charge < -0.3 is 24.8 Å². The summed E-state index contributed by atoms with van der Waals surface area (Å²) in [5, 5.41) is 6.47. The molecule has 0 saturated heterocycles. The number of rotatable bonds is 20. The highest BCUT2D eigenvalue weighted by molar-refractivity contribution is 7.80.